The van der Waals surface area contributed by atoms with Crippen LogP contribution >= 0.6 is 0 Å². The van der Waals surface area contributed by atoms with E-state index in [1.54, 1.807) is 0 Å². The quantitative estimate of drug-likeness (QED) is 0.892. The lowest BCUT2D eigenvalue weighted by atomic mass is 9.95. The highest BCUT2D eigenvalue weighted by atomic mass is 16.3. The summed E-state index contributed by atoms with van der Waals surface area (Å²) in [6.07, 6.45) is 1.95. The van der Waals surface area contributed by atoms with E-state index >= 15 is 0 Å². The fourth-order valence-corrected chi connectivity index (χ4v) is 3.35. The number of hydrogen-bond acceptors (Lipinski definition) is 3. The van der Waals surface area contributed by atoms with Gasteiger partial charge in [0.25, 0.3) is 0 Å². The summed E-state index contributed by atoms with van der Waals surface area (Å²) in [4.78, 5) is 4.92. The van der Waals surface area contributed by atoms with Gasteiger partial charge in [0.15, 0.2) is 0 Å². The molecule has 0 radical (unpaired) electrons. The summed E-state index contributed by atoms with van der Waals surface area (Å²) in [5.41, 5.74) is 2.44. The second-order valence-electron chi connectivity index (χ2n) is 5.84. The van der Waals surface area contributed by atoms with Crippen LogP contribution < -0.4 is 0 Å². The summed E-state index contributed by atoms with van der Waals surface area (Å²) in [5, 5.41) is 10.6. The molecule has 3 nitrogen and oxygen atoms in total. The van der Waals surface area contributed by atoms with Crippen LogP contribution in [0.4, 0.5) is 0 Å². The van der Waals surface area contributed by atoms with E-state index < -0.39 is 0 Å². The highest BCUT2D eigenvalue weighted by Gasteiger charge is 2.36. The Morgan fingerprint density at radius 3 is 2.37 bits per heavy atom. The van der Waals surface area contributed by atoms with Crippen molar-refractivity contribution in [1.29, 1.82) is 0 Å². The van der Waals surface area contributed by atoms with Gasteiger partial charge in [0, 0.05) is 32.7 Å². The lowest BCUT2D eigenvalue weighted by molar-refractivity contribution is -0.0470. The predicted octanol–water partition coefficient (Wildman–Crippen LogP) is 1.67. The molecule has 1 aromatic carbocycles. The molecule has 1 N–H and O–H groups in total. The fraction of sp³-hybridized carbons (Fsp3) is 0.625. The van der Waals surface area contributed by atoms with Crippen LogP contribution in [0.15, 0.2) is 24.3 Å². The third-order valence-corrected chi connectivity index (χ3v) is 4.55. The van der Waals surface area contributed by atoms with Gasteiger partial charge in [0.2, 0.25) is 0 Å². The smallest absolute Gasteiger partial charge is 0.0957 e. The highest BCUT2D eigenvalue weighted by Crippen LogP contribution is 2.27. The van der Waals surface area contributed by atoms with Gasteiger partial charge in [-0.3, -0.25) is 9.80 Å². The molecule has 3 aliphatic rings. The molecule has 4 rings (SSSR count). The van der Waals surface area contributed by atoms with Gasteiger partial charge < -0.3 is 5.11 Å². The number of rotatable bonds is 4. The largest absolute Gasteiger partial charge is 0.387 e. The van der Waals surface area contributed by atoms with E-state index in [2.05, 4.69) is 41.0 Å². The zero-order valence-electron chi connectivity index (χ0n) is 11.8. The van der Waals surface area contributed by atoms with Crippen molar-refractivity contribution >= 4 is 0 Å². The van der Waals surface area contributed by atoms with Crippen LogP contribution in [0.2, 0.25) is 0 Å². The zero-order chi connectivity index (χ0) is 13.2. The summed E-state index contributed by atoms with van der Waals surface area (Å²) in [6.45, 7) is 7.75. The molecule has 0 amide bonds. The molecule has 3 fully saturated rings. The van der Waals surface area contributed by atoms with Gasteiger partial charge >= 0.3 is 0 Å². The third kappa shape index (κ3) is 2.69. The van der Waals surface area contributed by atoms with Crippen molar-refractivity contribution in [1.82, 2.24) is 9.80 Å². The normalized spacial score (nSPS) is 31.4. The van der Waals surface area contributed by atoms with Crippen LogP contribution in [0.3, 0.4) is 0 Å². The standard InChI is InChI=1S/C16H24N2O/c1-2-3-13-4-6-14(7-5-13)16(19)15-12-17-8-10-18(15)11-9-17/h4-7,15-16,19H,2-3,8-12H2,1H3. The van der Waals surface area contributed by atoms with E-state index in [0.717, 1.165) is 31.6 Å². The number of aliphatic hydroxyl groups excluding tert-OH is 1. The van der Waals surface area contributed by atoms with Crippen LogP contribution in [-0.4, -0.2) is 53.7 Å². The molecule has 0 saturated carbocycles. The van der Waals surface area contributed by atoms with E-state index in [1.807, 2.05) is 0 Å². The van der Waals surface area contributed by atoms with Gasteiger partial charge in [-0.15, -0.1) is 0 Å². The van der Waals surface area contributed by atoms with E-state index in [1.165, 1.54) is 25.1 Å². The third-order valence-electron chi connectivity index (χ3n) is 4.55. The van der Waals surface area contributed by atoms with Gasteiger partial charge in [0.1, 0.15) is 0 Å². The van der Waals surface area contributed by atoms with Crippen molar-refractivity contribution in [2.75, 3.05) is 32.7 Å². The lowest BCUT2D eigenvalue weighted by Crippen LogP contribution is -2.62. The molecule has 3 heterocycles. The Bertz CT molecular complexity index is 409. The van der Waals surface area contributed by atoms with Crippen LogP contribution in [0, 0.1) is 0 Å². The van der Waals surface area contributed by atoms with E-state index in [-0.39, 0.29) is 12.1 Å². The Labute approximate surface area is 115 Å². The van der Waals surface area contributed by atoms with E-state index in [4.69, 9.17) is 0 Å². The van der Waals surface area contributed by atoms with Gasteiger partial charge in [-0.1, -0.05) is 37.6 Å². The van der Waals surface area contributed by atoms with Gasteiger partial charge in [-0.05, 0) is 17.5 Å². The Morgan fingerprint density at radius 1 is 1.16 bits per heavy atom. The molecule has 0 spiro atoms. The first-order chi connectivity index (χ1) is 9.28. The van der Waals surface area contributed by atoms with E-state index in [9.17, 15) is 5.11 Å². The minimum Gasteiger partial charge on any atom is -0.387 e. The maximum atomic E-state index is 10.6. The second kappa shape index (κ2) is 5.61. The number of aliphatic hydroxyl groups is 1. The maximum Gasteiger partial charge on any atom is 0.0957 e. The molecule has 3 saturated heterocycles. The van der Waals surface area contributed by atoms with Crippen molar-refractivity contribution in [2.45, 2.75) is 31.9 Å². The van der Waals surface area contributed by atoms with Gasteiger partial charge in [-0.2, -0.15) is 0 Å². The van der Waals surface area contributed by atoms with Crippen LogP contribution in [0.25, 0.3) is 0 Å². The zero-order valence-corrected chi connectivity index (χ0v) is 11.8. The van der Waals surface area contributed by atoms with Crippen molar-refractivity contribution in [3.05, 3.63) is 35.4 Å². The number of benzene rings is 1. The molecule has 1 aromatic rings. The molecule has 2 unspecified atom stereocenters. The van der Waals surface area contributed by atoms with Crippen molar-refractivity contribution < 1.29 is 5.11 Å². The minimum atomic E-state index is -0.348. The Kier molecular flexibility index (Phi) is 3.87. The average molecular weight is 260 g/mol. The molecule has 3 aliphatic heterocycles. The monoisotopic (exact) mass is 260 g/mol. The molecule has 3 heteroatoms. The maximum absolute atomic E-state index is 10.6. The molecular formula is C16H24N2O. The predicted molar refractivity (Wildman–Crippen MR) is 77.2 cm³/mol. The summed E-state index contributed by atoms with van der Waals surface area (Å²) in [6, 6.07) is 8.82. The molecule has 19 heavy (non-hydrogen) atoms. The summed E-state index contributed by atoms with van der Waals surface area (Å²) >= 11 is 0. The van der Waals surface area contributed by atoms with Crippen molar-refractivity contribution in [3.8, 4) is 0 Å². The summed E-state index contributed by atoms with van der Waals surface area (Å²) < 4.78 is 0. The highest BCUT2D eigenvalue weighted by molar-refractivity contribution is 5.25. The first-order valence-electron chi connectivity index (χ1n) is 7.51. The summed E-state index contributed by atoms with van der Waals surface area (Å²) in [5.74, 6) is 0. The van der Waals surface area contributed by atoms with Crippen molar-refractivity contribution in [2.24, 2.45) is 0 Å². The first-order valence-corrected chi connectivity index (χ1v) is 7.51. The fourth-order valence-electron chi connectivity index (χ4n) is 3.35. The first kappa shape index (κ1) is 13.1. The SMILES string of the molecule is CCCc1ccc(C(O)C2CN3CCN2CC3)cc1. The lowest BCUT2D eigenvalue weighted by Gasteiger charge is -2.49. The molecule has 2 bridgehead atoms. The topological polar surface area (TPSA) is 26.7 Å². The molecule has 104 valence electrons. The molecule has 2 atom stereocenters. The van der Waals surface area contributed by atoms with Gasteiger partial charge in [-0.25, -0.2) is 0 Å². The average Bonchev–Trinajstić information content (AvgIpc) is 2.49. The number of piperazine rings is 3. The second-order valence-corrected chi connectivity index (χ2v) is 5.84. The number of hydrogen-bond donors (Lipinski definition) is 1. The Morgan fingerprint density at radius 2 is 1.84 bits per heavy atom. The molecule has 0 aliphatic carbocycles. The Hall–Kier alpha value is -0.900. The molecule has 0 aromatic heterocycles. The number of nitrogens with zero attached hydrogens (tertiary/aromatic N) is 2. The number of aryl methyl sites for hydroxylation is 1. The molecular weight excluding hydrogens is 236 g/mol. The Balaban J connectivity index is 1.71. The van der Waals surface area contributed by atoms with Crippen LogP contribution in [-0.2, 0) is 6.42 Å². The van der Waals surface area contributed by atoms with Gasteiger partial charge in [0.05, 0.1) is 12.1 Å². The van der Waals surface area contributed by atoms with Crippen molar-refractivity contribution in [3.63, 3.8) is 0 Å². The van der Waals surface area contributed by atoms with E-state index in [0.29, 0.717) is 0 Å². The number of fused-ring (bicyclic) bond motifs is 3. The minimum absolute atomic E-state index is 0.277. The summed E-state index contributed by atoms with van der Waals surface area (Å²) in [7, 11) is 0. The van der Waals surface area contributed by atoms with Crippen LogP contribution in [0.5, 0.6) is 0 Å². The van der Waals surface area contributed by atoms with Crippen LogP contribution in [0.1, 0.15) is 30.6 Å².